The topological polar surface area (TPSA) is 86.8 Å². The van der Waals surface area contributed by atoms with Crippen molar-refractivity contribution in [2.24, 2.45) is 5.92 Å². The van der Waals surface area contributed by atoms with Crippen molar-refractivity contribution in [1.29, 1.82) is 0 Å². The third kappa shape index (κ3) is 8.81. The number of anilines is 1. The van der Waals surface area contributed by atoms with Crippen molar-refractivity contribution in [1.82, 2.24) is 10.2 Å². The summed E-state index contributed by atoms with van der Waals surface area (Å²) in [6.07, 6.45) is 0.152. The molecule has 7 nitrogen and oxygen atoms in total. The first kappa shape index (κ1) is 34.4. The van der Waals surface area contributed by atoms with E-state index in [2.05, 4.69) is 5.32 Å². The summed E-state index contributed by atoms with van der Waals surface area (Å²) in [5, 5.41) is 2.94. The van der Waals surface area contributed by atoms with Crippen LogP contribution < -0.4 is 9.62 Å². The second-order valence-electron chi connectivity index (χ2n) is 12.0. The van der Waals surface area contributed by atoms with Gasteiger partial charge in [0.05, 0.1) is 10.6 Å². The molecule has 0 aliphatic rings. The van der Waals surface area contributed by atoms with E-state index in [1.165, 1.54) is 23.1 Å². The molecule has 0 bridgehead atoms. The molecule has 1 N–H and O–H groups in total. The van der Waals surface area contributed by atoms with Gasteiger partial charge in [-0.2, -0.15) is 0 Å². The van der Waals surface area contributed by atoms with E-state index < -0.39 is 40.2 Å². The predicted octanol–water partition coefficient (Wildman–Crippen LogP) is 6.56. The van der Waals surface area contributed by atoms with Gasteiger partial charge in [0.2, 0.25) is 11.8 Å². The highest BCUT2D eigenvalue weighted by Gasteiger charge is 2.35. The molecule has 0 spiro atoms. The minimum atomic E-state index is -4.21. The third-order valence-corrected chi connectivity index (χ3v) is 9.50. The molecule has 0 aliphatic heterocycles. The van der Waals surface area contributed by atoms with Gasteiger partial charge in [0.1, 0.15) is 18.4 Å². The molecule has 1 unspecified atom stereocenters. The Balaban J connectivity index is 1.81. The molecule has 4 rings (SSSR count). The van der Waals surface area contributed by atoms with Crippen molar-refractivity contribution in [3.8, 4) is 0 Å². The van der Waals surface area contributed by atoms with Gasteiger partial charge in [-0.05, 0) is 53.3 Å². The van der Waals surface area contributed by atoms with E-state index in [9.17, 15) is 18.0 Å². The van der Waals surface area contributed by atoms with Crippen molar-refractivity contribution in [2.75, 3.05) is 17.4 Å². The molecule has 0 heterocycles. The number of nitrogens with zero attached hydrogens (tertiary/aromatic N) is 2. The SMILES string of the molecule is CC(C)CNC(=O)C(Cc1ccccc1)N(Cc1ccccc1F)C(=O)CN(c1ccc(C(C)C)cc1)S(=O)(=O)c1ccccc1. The van der Waals surface area contributed by atoms with Gasteiger partial charge < -0.3 is 10.2 Å². The Labute approximate surface area is 272 Å². The van der Waals surface area contributed by atoms with Crippen molar-refractivity contribution in [3.63, 3.8) is 0 Å². The average Bonchev–Trinajstić information content (AvgIpc) is 3.05. The molecular weight excluding hydrogens is 601 g/mol. The van der Waals surface area contributed by atoms with Crippen LogP contribution in [0.5, 0.6) is 0 Å². The number of hydrogen-bond acceptors (Lipinski definition) is 4. The zero-order valence-electron chi connectivity index (χ0n) is 26.8. The maximum Gasteiger partial charge on any atom is 0.264 e. The van der Waals surface area contributed by atoms with Gasteiger partial charge in [-0.15, -0.1) is 0 Å². The molecule has 1 atom stereocenters. The highest BCUT2D eigenvalue weighted by Crippen LogP contribution is 2.27. The van der Waals surface area contributed by atoms with Crippen LogP contribution in [0.4, 0.5) is 10.1 Å². The summed E-state index contributed by atoms with van der Waals surface area (Å²) in [4.78, 5) is 29.6. The molecule has 0 aliphatic carbocycles. The number of benzene rings is 4. The van der Waals surface area contributed by atoms with Crippen molar-refractivity contribution >= 4 is 27.5 Å². The summed E-state index contributed by atoms with van der Waals surface area (Å²) < 4.78 is 44.3. The summed E-state index contributed by atoms with van der Waals surface area (Å²) in [7, 11) is -4.21. The van der Waals surface area contributed by atoms with Crippen LogP contribution in [0.15, 0.2) is 114 Å². The van der Waals surface area contributed by atoms with Crippen LogP contribution in [-0.2, 0) is 32.6 Å². The lowest BCUT2D eigenvalue weighted by Crippen LogP contribution is -2.53. The van der Waals surface area contributed by atoms with Gasteiger partial charge in [0.25, 0.3) is 10.0 Å². The standard InChI is InChI=1S/C37H42FN3O4S/c1-27(2)24-39-37(43)35(23-29-13-7-5-8-14-29)40(25-31-15-11-12-18-34(31)38)36(42)26-41(32-21-19-30(20-22-32)28(3)4)46(44,45)33-16-9-6-10-17-33/h5-22,27-28,35H,23-26H2,1-4H3,(H,39,43). The number of amides is 2. The molecule has 46 heavy (non-hydrogen) atoms. The van der Waals surface area contributed by atoms with Crippen LogP contribution in [0.1, 0.15) is 50.3 Å². The van der Waals surface area contributed by atoms with E-state index in [1.807, 2.05) is 70.2 Å². The van der Waals surface area contributed by atoms with Crippen molar-refractivity contribution < 1.29 is 22.4 Å². The summed E-state index contributed by atoms with van der Waals surface area (Å²) in [6.45, 7) is 7.54. The summed E-state index contributed by atoms with van der Waals surface area (Å²) in [5.41, 5.74) is 2.33. The lowest BCUT2D eigenvalue weighted by molar-refractivity contribution is -0.140. The van der Waals surface area contributed by atoms with Crippen molar-refractivity contribution in [3.05, 3.63) is 132 Å². The quantitative estimate of drug-likeness (QED) is 0.169. The fourth-order valence-corrected chi connectivity index (χ4v) is 6.50. The molecule has 0 saturated carbocycles. The second kappa shape index (κ2) is 15.7. The first-order chi connectivity index (χ1) is 22.0. The fourth-order valence-electron chi connectivity index (χ4n) is 5.06. The molecule has 0 radical (unpaired) electrons. The molecule has 4 aromatic carbocycles. The van der Waals surface area contributed by atoms with Crippen LogP contribution in [0.2, 0.25) is 0 Å². The molecule has 242 valence electrons. The molecule has 0 fully saturated rings. The number of carbonyl (C=O) groups is 2. The van der Waals surface area contributed by atoms with Crippen LogP contribution in [0.25, 0.3) is 0 Å². The lowest BCUT2D eigenvalue weighted by Gasteiger charge is -2.34. The number of nitrogens with one attached hydrogen (secondary N) is 1. The molecular formula is C37H42FN3O4S. The average molecular weight is 644 g/mol. The Kier molecular flexibility index (Phi) is 11.7. The maximum atomic E-state index is 15.1. The Morgan fingerprint density at radius 2 is 1.37 bits per heavy atom. The molecule has 2 amide bonds. The van der Waals surface area contributed by atoms with E-state index in [0.717, 1.165) is 15.4 Å². The summed E-state index contributed by atoms with van der Waals surface area (Å²) in [5.74, 6) is -1.21. The largest absolute Gasteiger partial charge is 0.354 e. The van der Waals surface area contributed by atoms with E-state index in [1.54, 1.807) is 48.5 Å². The molecule has 0 aromatic heterocycles. The van der Waals surface area contributed by atoms with Crippen molar-refractivity contribution in [2.45, 2.75) is 57.5 Å². The Morgan fingerprint density at radius 1 is 0.783 bits per heavy atom. The zero-order valence-corrected chi connectivity index (χ0v) is 27.6. The van der Waals surface area contributed by atoms with Crippen LogP contribution >= 0.6 is 0 Å². The lowest BCUT2D eigenvalue weighted by atomic mass is 10.0. The van der Waals surface area contributed by atoms with Gasteiger partial charge in [0, 0.05) is 25.1 Å². The van der Waals surface area contributed by atoms with Gasteiger partial charge in [-0.1, -0.05) is 107 Å². The van der Waals surface area contributed by atoms with Gasteiger partial charge in [0.15, 0.2) is 0 Å². The Hall–Kier alpha value is -4.50. The fraction of sp³-hybridized carbons (Fsp3) is 0.297. The number of sulfonamides is 1. The zero-order chi connectivity index (χ0) is 33.3. The monoisotopic (exact) mass is 643 g/mol. The second-order valence-corrected chi connectivity index (χ2v) is 13.9. The van der Waals surface area contributed by atoms with E-state index >= 15 is 4.39 Å². The number of carbonyl (C=O) groups excluding carboxylic acids is 2. The number of halogens is 1. The predicted molar refractivity (Wildman–Crippen MR) is 180 cm³/mol. The number of rotatable bonds is 14. The van der Waals surface area contributed by atoms with E-state index in [0.29, 0.717) is 12.2 Å². The van der Waals surface area contributed by atoms with E-state index in [-0.39, 0.29) is 35.3 Å². The molecule has 9 heteroatoms. The molecule has 4 aromatic rings. The summed E-state index contributed by atoms with van der Waals surface area (Å²) >= 11 is 0. The smallest absolute Gasteiger partial charge is 0.264 e. The highest BCUT2D eigenvalue weighted by molar-refractivity contribution is 7.92. The first-order valence-electron chi connectivity index (χ1n) is 15.5. The maximum absolute atomic E-state index is 15.1. The Bertz CT molecular complexity index is 1700. The minimum Gasteiger partial charge on any atom is -0.354 e. The van der Waals surface area contributed by atoms with Gasteiger partial charge in [-0.3, -0.25) is 13.9 Å². The van der Waals surface area contributed by atoms with Crippen LogP contribution in [0, 0.1) is 11.7 Å². The van der Waals surface area contributed by atoms with Crippen LogP contribution in [-0.4, -0.2) is 44.3 Å². The highest BCUT2D eigenvalue weighted by atomic mass is 32.2. The normalized spacial score (nSPS) is 12.2. The molecule has 0 saturated heterocycles. The minimum absolute atomic E-state index is 0.0203. The summed E-state index contributed by atoms with van der Waals surface area (Å²) in [6, 6.07) is 29.2. The van der Waals surface area contributed by atoms with Crippen LogP contribution in [0.3, 0.4) is 0 Å². The van der Waals surface area contributed by atoms with Gasteiger partial charge in [-0.25, -0.2) is 12.8 Å². The van der Waals surface area contributed by atoms with E-state index in [4.69, 9.17) is 0 Å². The first-order valence-corrected chi connectivity index (χ1v) is 16.9. The van der Waals surface area contributed by atoms with Gasteiger partial charge >= 0.3 is 0 Å². The third-order valence-electron chi connectivity index (χ3n) is 7.71. The Morgan fingerprint density at radius 3 is 1.96 bits per heavy atom. The number of hydrogen-bond donors (Lipinski definition) is 1.